The fraction of sp³-hybridized carbons (Fsp3) is 0.273. The number of fused-ring (bicyclic) bond motifs is 3. The van der Waals surface area contributed by atoms with Crippen LogP contribution in [0.1, 0.15) is 21.2 Å². The third kappa shape index (κ3) is 2.62. The molecular weight excluding hydrogens is 483 g/mol. The molecule has 0 amide bonds. The van der Waals surface area contributed by atoms with Gasteiger partial charge in [0.25, 0.3) is 0 Å². The molecule has 0 unspecified atom stereocenters. The first-order chi connectivity index (χ1) is 12.4. The Balaban J connectivity index is 0.000000900. The van der Waals surface area contributed by atoms with Gasteiger partial charge in [0.1, 0.15) is 0 Å². The number of hydrogen-bond acceptors (Lipinski definition) is 0. The van der Waals surface area contributed by atoms with Crippen molar-refractivity contribution in [3.8, 4) is 11.1 Å². The van der Waals surface area contributed by atoms with Crippen LogP contribution in [0.15, 0.2) is 70.0 Å². The van der Waals surface area contributed by atoms with Crippen LogP contribution in [0.2, 0.25) is 24.2 Å². The fourth-order valence-electron chi connectivity index (χ4n) is 6.30. The summed E-state index contributed by atoms with van der Waals surface area (Å²) in [5.41, 5.74) is 6.46. The predicted molar refractivity (Wildman–Crippen MR) is 106 cm³/mol. The Bertz CT molecular complexity index is 1040. The van der Waals surface area contributed by atoms with Gasteiger partial charge in [-0.3, -0.25) is 0 Å². The molecule has 2 heterocycles. The smallest absolute Gasteiger partial charge is 1.00 e. The Morgan fingerprint density at radius 2 is 1.26 bits per heavy atom. The van der Waals surface area contributed by atoms with Gasteiger partial charge >= 0.3 is 155 Å². The largest absolute Gasteiger partial charge is 1.00 e. The van der Waals surface area contributed by atoms with E-state index in [4.69, 9.17) is 0 Å². The molecule has 0 aromatic heterocycles. The molecular formula is C22H22Cl2Si2Zr. The molecule has 0 N–H and O–H groups in total. The van der Waals surface area contributed by atoms with E-state index in [2.05, 4.69) is 66.8 Å². The Kier molecular flexibility index (Phi) is 5.64. The van der Waals surface area contributed by atoms with E-state index >= 15 is 0 Å². The van der Waals surface area contributed by atoms with Gasteiger partial charge in [-0.1, -0.05) is 0 Å². The molecule has 0 radical (unpaired) electrons. The van der Waals surface area contributed by atoms with E-state index in [-0.39, 0.29) is 35.7 Å². The number of allylic oxidation sites excluding steroid dienone is 4. The normalized spacial score (nSPS) is 18.4. The van der Waals surface area contributed by atoms with Gasteiger partial charge in [0.2, 0.25) is 0 Å². The van der Waals surface area contributed by atoms with E-state index in [0.717, 1.165) is 3.63 Å². The topological polar surface area (TPSA) is 0 Å². The summed E-state index contributed by atoms with van der Waals surface area (Å²) in [5, 5.41) is 0. The Hall–Kier alpha value is -0.183. The van der Waals surface area contributed by atoms with Gasteiger partial charge in [0, 0.05) is 0 Å². The molecule has 2 aliphatic carbocycles. The molecule has 6 rings (SSSR count). The van der Waals surface area contributed by atoms with Crippen LogP contribution < -0.4 is 24.8 Å². The minimum absolute atomic E-state index is 0. The van der Waals surface area contributed by atoms with Crippen LogP contribution in [0, 0.1) is 0 Å². The average molecular weight is 505 g/mol. The van der Waals surface area contributed by atoms with E-state index < -0.39 is 17.5 Å². The second-order valence-corrected chi connectivity index (χ2v) is 42.0. The predicted octanol–water partition coefficient (Wildman–Crippen LogP) is -0.228. The van der Waals surface area contributed by atoms with Gasteiger partial charge in [-0.2, -0.15) is 0 Å². The van der Waals surface area contributed by atoms with E-state index in [1.54, 1.807) is 46.4 Å². The van der Waals surface area contributed by atoms with Crippen molar-refractivity contribution in [2.45, 2.75) is 34.2 Å². The Morgan fingerprint density at radius 1 is 0.741 bits per heavy atom. The molecule has 2 bridgehead atoms. The molecule has 0 nitrogen and oxygen atoms in total. The third-order valence-corrected chi connectivity index (χ3v) is 64.4. The molecule has 4 aliphatic rings. The van der Waals surface area contributed by atoms with Crippen LogP contribution in [0.5, 0.6) is 0 Å². The molecule has 27 heavy (non-hydrogen) atoms. The van der Waals surface area contributed by atoms with Crippen LogP contribution in [-0.2, 0) is 17.5 Å². The fourth-order valence-corrected chi connectivity index (χ4v) is 84.6. The van der Waals surface area contributed by atoms with Crippen molar-refractivity contribution >= 4 is 10.9 Å². The number of rotatable bonds is 2. The standard InChI is InChI=1S/C13H9.C5H5.C4H8Si2.2ClH.Zr/c1-3-7-12-10(5-1)9-11-6-2-4-8-13(11)12;1-2-4-5-3-1;1-2-6-4-3-5-1;;;/h1-9H;1-3H,4H2;1-4H2;2*1H;/q;;;;;+2/p-2. The average Bonchev–Trinajstić information content (AvgIpc) is 3.43. The molecule has 136 valence electrons. The molecule has 0 saturated carbocycles. The summed E-state index contributed by atoms with van der Waals surface area (Å²) in [6, 6.07) is 25.6. The SMILES string of the molecule is C1=CC[C]([Zr+2]2([CH]3c4ccccc4-c4ccccc43)=[Si]3CC[Si]=2CC3)=C1.[Cl-].[Cl-]. The summed E-state index contributed by atoms with van der Waals surface area (Å²) >= 11 is -2.35. The van der Waals surface area contributed by atoms with Gasteiger partial charge in [0.15, 0.2) is 0 Å². The van der Waals surface area contributed by atoms with Gasteiger partial charge < -0.3 is 24.8 Å². The maximum Gasteiger partial charge on any atom is -1.00 e. The van der Waals surface area contributed by atoms with Gasteiger partial charge in [-0.05, 0) is 0 Å². The van der Waals surface area contributed by atoms with Crippen molar-refractivity contribution in [2.75, 3.05) is 0 Å². The summed E-state index contributed by atoms with van der Waals surface area (Å²) in [4.78, 5) is 0. The summed E-state index contributed by atoms with van der Waals surface area (Å²) < 4.78 is 2.89. The zero-order valence-corrected chi connectivity index (χ0v) is 21.2. The third-order valence-electron chi connectivity index (χ3n) is 7.12. The number of halogens is 2. The van der Waals surface area contributed by atoms with Crippen molar-refractivity contribution in [3.05, 3.63) is 81.2 Å². The minimum Gasteiger partial charge on any atom is -1.00 e. The number of benzene rings is 2. The first-order valence-corrected chi connectivity index (χ1v) is 23.5. The molecule has 2 aliphatic heterocycles. The summed E-state index contributed by atoms with van der Waals surface area (Å²) in [7, 11) is 0. The van der Waals surface area contributed by atoms with Crippen LogP contribution in [0.4, 0.5) is 0 Å². The van der Waals surface area contributed by atoms with E-state index in [9.17, 15) is 0 Å². The summed E-state index contributed by atoms with van der Waals surface area (Å²) in [5.74, 6) is 0. The second kappa shape index (κ2) is 7.57. The van der Waals surface area contributed by atoms with Gasteiger partial charge in [-0.25, -0.2) is 0 Å². The molecule has 2 aromatic rings. The maximum atomic E-state index is 2.62. The summed E-state index contributed by atoms with van der Waals surface area (Å²) in [6.07, 6.45) is 8.79. The van der Waals surface area contributed by atoms with Crippen LogP contribution in [0.3, 0.4) is 0 Å². The zero-order chi connectivity index (χ0) is 16.4. The first kappa shape index (κ1) is 20.1. The first-order valence-electron chi connectivity index (χ1n) is 9.65. The van der Waals surface area contributed by atoms with E-state index in [0.29, 0.717) is 0 Å². The quantitative estimate of drug-likeness (QED) is 0.496. The molecule has 0 atom stereocenters. The van der Waals surface area contributed by atoms with Crippen molar-refractivity contribution in [1.29, 1.82) is 0 Å². The van der Waals surface area contributed by atoms with E-state index in [1.165, 1.54) is 6.42 Å². The monoisotopic (exact) mass is 502 g/mol. The summed E-state index contributed by atoms with van der Waals surface area (Å²) in [6.45, 7) is 0. The molecule has 5 heteroatoms. The maximum absolute atomic E-state index is 2.62. The van der Waals surface area contributed by atoms with Crippen LogP contribution >= 0.6 is 0 Å². The van der Waals surface area contributed by atoms with Gasteiger partial charge in [0.05, 0.1) is 0 Å². The van der Waals surface area contributed by atoms with Crippen LogP contribution in [0.25, 0.3) is 11.1 Å². The zero-order valence-electron chi connectivity index (χ0n) is 15.2. The molecule has 2 aromatic carbocycles. The molecule has 0 fully saturated rings. The Labute approximate surface area is 178 Å². The van der Waals surface area contributed by atoms with Crippen molar-refractivity contribution in [3.63, 3.8) is 0 Å². The van der Waals surface area contributed by atoms with Crippen molar-refractivity contribution in [1.82, 2.24) is 0 Å². The molecule has 0 spiro atoms. The number of hydrogen-bond donors (Lipinski definition) is 0. The van der Waals surface area contributed by atoms with Crippen LogP contribution in [-0.4, -0.2) is 10.9 Å². The second-order valence-electron chi connectivity index (χ2n) is 7.95. The van der Waals surface area contributed by atoms with Crippen molar-refractivity contribution in [2.24, 2.45) is 0 Å². The van der Waals surface area contributed by atoms with Crippen molar-refractivity contribution < 1.29 is 42.3 Å². The van der Waals surface area contributed by atoms with Gasteiger partial charge in [-0.15, -0.1) is 0 Å². The Morgan fingerprint density at radius 3 is 1.74 bits per heavy atom. The molecule has 0 saturated heterocycles. The minimum atomic E-state index is -2.35. The van der Waals surface area contributed by atoms with E-state index in [1.807, 2.05) is 3.28 Å².